The molecule has 0 aromatic rings. The van der Waals surface area contributed by atoms with Crippen molar-refractivity contribution in [1.82, 2.24) is 0 Å². The predicted molar refractivity (Wildman–Crippen MR) is 125 cm³/mol. The van der Waals surface area contributed by atoms with Crippen molar-refractivity contribution in [2.45, 2.75) is 104 Å². The summed E-state index contributed by atoms with van der Waals surface area (Å²) >= 11 is 0. The smallest absolute Gasteiger partial charge is 0.334 e. The summed E-state index contributed by atoms with van der Waals surface area (Å²) in [6.45, 7) is 13.0. The summed E-state index contributed by atoms with van der Waals surface area (Å²) in [7, 11) is 0. The molecule has 7 heteroatoms. The molecule has 4 rings (SSSR count). The molecule has 186 valence electrons. The van der Waals surface area contributed by atoms with Gasteiger partial charge in [-0.15, -0.1) is 0 Å². The van der Waals surface area contributed by atoms with Gasteiger partial charge in [0.1, 0.15) is 18.3 Å². The highest BCUT2D eigenvalue weighted by molar-refractivity contribution is 5.92. The Kier molecular flexibility index (Phi) is 6.30. The van der Waals surface area contributed by atoms with Crippen molar-refractivity contribution in [3.63, 3.8) is 0 Å². The highest BCUT2D eigenvalue weighted by Gasteiger charge is 2.71. The van der Waals surface area contributed by atoms with Crippen LogP contribution >= 0.6 is 0 Å². The van der Waals surface area contributed by atoms with Gasteiger partial charge < -0.3 is 18.9 Å². The van der Waals surface area contributed by atoms with E-state index in [0.717, 1.165) is 16.7 Å². The van der Waals surface area contributed by atoms with E-state index in [2.05, 4.69) is 13.8 Å². The fourth-order valence-electron chi connectivity index (χ4n) is 6.23. The van der Waals surface area contributed by atoms with Gasteiger partial charge in [-0.1, -0.05) is 18.1 Å². The van der Waals surface area contributed by atoms with E-state index >= 15 is 0 Å². The van der Waals surface area contributed by atoms with Crippen LogP contribution in [-0.2, 0) is 33.3 Å². The summed E-state index contributed by atoms with van der Waals surface area (Å²) in [4.78, 5) is 37.5. The second-order valence-corrected chi connectivity index (χ2v) is 10.9. The minimum Gasteiger partial charge on any atom is -0.462 e. The third-order valence-corrected chi connectivity index (χ3v) is 8.24. The maximum atomic E-state index is 12.8. The molecular formula is C27H36O7. The number of carbonyl (C=O) groups is 3. The van der Waals surface area contributed by atoms with E-state index in [1.165, 1.54) is 13.0 Å². The molecule has 2 aliphatic carbocycles. The van der Waals surface area contributed by atoms with E-state index in [1.54, 1.807) is 6.92 Å². The van der Waals surface area contributed by atoms with Crippen molar-refractivity contribution < 1.29 is 33.3 Å². The number of ether oxygens (including phenoxy) is 4. The highest BCUT2D eigenvalue weighted by atomic mass is 16.6. The molecule has 0 radical (unpaired) electrons. The number of allylic oxidation sites excluding steroid dienone is 2. The van der Waals surface area contributed by atoms with Crippen LogP contribution in [0.5, 0.6) is 0 Å². The maximum absolute atomic E-state index is 12.8. The molecule has 0 bridgehead atoms. The summed E-state index contributed by atoms with van der Waals surface area (Å²) in [6, 6.07) is 0. The number of rotatable bonds is 3. The third kappa shape index (κ3) is 4.23. The van der Waals surface area contributed by atoms with Crippen molar-refractivity contribution in [3.05, 3.63) is 34.4 Å². The van der Waals surface area contributed by atoms with E-state index in [-0.39, 0.29) is 24.0 Å². The first-order chi connectivity index (χ1) is 15.9. The second kappa shape index (κ2) is 8.67. The largest absolute Gasteiger partial charge is 0.462 e. The fourth-order valence-corrected chi connectivity index (χ4v) is 6.23. The quantitative estimate of drug-likeness (QED) is 0.198. The maximum Gasteiger partial charge on any atom is 0.334 e. The number of fused-ring (bicyclic) bond motifs is 4. The summed E-state index contributed by atoms with van der Waals surface area (Å²) < 4.78 is 23.9. The molecule has 0 amide bonds. The lowest BCUT2D eigenvalue weighted by atomic mass is 9.56. The third-order valence-electron chi connectivity index (χ3n) is 8.24. The van der Waals surface area contributed by atoms with Gasteiger partial charge in [-0.05, 0) is 65.5 Å². The van der Waals surface area contributed by atoms with Crippen molar-refractivity contribution in [3.8, 4) is 0 Å². The lowest BCUT2D eigenvalue weighted by molar-refractivity contribution is -0.186. The molecule has 2 fully saturated rings. The van der Waals surface area contributed by atoms with E-state index in [0.29, 0.717) is 31.3 Å². The monoisotopic (exact) mass is 472 g/mol. The minimum absolute atomic E-state index is 0.0540. The van der Waals surface area contributed by atoms with Crippen molar-refractivity contribution >= 4 is 17.9 Å². The zero-order valence-corrected chi connectivity index (χ0v) is 21.2. The summed E-state index contributed by atoms with van der Waals surface area (Å²) in [5, 5.41) is 0. The molecule has 34 heavy (non-hydrogen) atoms. The summed E-state index contributed by atoms with van der Waals surface area (Å²) in [6.07, 6.45) is 4.34. The summed E-state index contributed by atoms with van der Waals surface area (Å²) in [5.74, 6) is -1.23. The van der Waals surface area contributed by atoms with Crippen LogP contribution in [0, 0.1) is 11.3 Å². The average Bonchev–Trinajstić information content (AvgIpc) is 3.31. The number of hydrogen-bond acceptors (Lipinski definition) is 7. The molecular weight excluding hydrogens is 436 g/mol. The Morgan fingerprint density at radius 2 is 1.82 bits per heavy atom. The first kappa shape index (κ1) is 24.7. The predicted octanol–water partition coefficient (Wildman–Crippen LogP) is 4.35. The molecule has 1 saturated carbocycles. The van der Waals surface area contributed by atoms with Crippen molar-refractivity contribution in [1.29, 1.82) is 0 Å². The van der Waals surface area contributed by atoms with E-state index in [4.69, 9.17) is 18.9 Å². The zero-order valence-electron chi connectivity index (χ0n) is 21.2. The van der Waals surface area contributed by atoms with Crippen LogP contribution in [0.3, 0.4) is 0 Å². The van der Waals surface area contributed by atoms with Crippen LogP contribution in [0.2, 0.25) is 0 Å². The molecule has 0 aromatic heterocycles. The van der Waals surface area contributed by atoms with Gasteiger partial charge >= 0.3 is 17.9 Å². The van der Waals surface area contributed by atoms with Gasteiger partial charge in [-0.2, -0.15) is 0 Å². The Morgan fingerprint density at radius 1 is 1.12 bits per heavy atom. The number of esters is 3. The molecule has 1 saturated heterocycles. The molecule has 0 aromatic carbocycles. The number of hydrogen-bond donors (Lipinski definition) is 0. The van der Waals surface area contributed by atoms with Gasteiger partial charge in [-0.3, -0.25) is 4.79 Å². The van der Waals surface area contributed by atoms with Gasteiger partial charge in [-0.25, -0.2) is 9.59 Å². The van der Waals surface area contributed by atoms with Crippen LogP contribution in [0.1, 0.15) is 74.1 Å². The standard InChI is InChI=1S/C27H36O7/c1-14(2)10-24(29)33-21-9-8-15(3)11-19-18(16(4)25(30)32-19)12-20-26(21,6)22(31-17(5)28)13-23-27(20,7)34-23/h10-11,19-23H,8-9,12-13H2,1-7H3/b15-11-/t19-,20+,21?,22?,23?,26-,27+/m0/s1. The first-order valence-corrected chi connectivity index (χ1v) is 12.1. The Balaban J connectivity index is 1.85. The Hall–Kier alpha value is -2.41. The van der Waals surface area contributed by atoms with E-state index in [9.17, 15) is 14.4 Å². The van der Waals surface area contributed by atoms with Crippen molar-refractivity contribution in [2.24, 2.45) is 11.3 Å². The van der Waals surface area contributed by atoms with Gasteiger partial charge in [0.05, 0.1) is 11.7 Å². The molecule has 2 heterocycles. The lowest BCUT2D eigenvalue weighted by Crippen LogP contribution is -2.59. The van der Waals surface area contributed by atoms with E-state index < -0.39 is 35.3 Å². The lowest BCUT2D eigenvalue weighted by Gasteiger charge is -2.51. The molecule has 7 atom stereocenters. The Morgan fingerprint density at radius 3 is 2.47 bits per heavy atom. The number of epoxide rings is 1. The fraction of sp³-hybridized carbons (Fsp3) is 0.667. The summed E-state index contributed by atoms with van der Waals surface area (Å²) in [5.41, 5.74) is 2.27. The molecule has 0 spiro atoms. The Bertz CT molecular complexity index is 1000. The highest BCUT2D eigenvalue weighted by Crippen LogP contribution is 2.63. The van der Waals surface area contributed by atoms with Crippen LogP contribution in [0.4, 0.5) is 0 Å². The van der Waals surface area contributed by atoms with Crippen LogP contribution in [0.15, 0.2) is 34.4 Å². The average molecular weight is 473 g/mol. The van der Waals surface area contributed by atoms with E-state index in [1.807, 2.05) is 26.8 Å². The molecule has 3 unspecified atom stereocenters. The number of carbonyl (C=O) groups excluding carboxylic acids is 3. The zero-order chi connectivity index (χ0) is 25.0. The van der Waals surface area contributed by atoms with Gasteiger partial charge in [0, 0.05) is 36.3 Å². The molecule has 0 N–H and O–H groups in total. The van der Waals surface area contributed by atoms with Crippen molar-refractivity contribution in [2.75, 3.05) is 0 Å². The topological polar surface area (TPSA) is 91.4 Å². The molecule has 7 nitrogen and oxygen atoms in total. The SMILES string of the molecule is CC(=O)OC1CC2O[C@]2(C)[C@@H]2CC3=C(C)C(=O)O[C@H]3/C=C(/C)CCC(OC(=O)C=C(C)C)[C@@]12C. The molecule has 4 aliphatic rings. The Labute approximate surface area is 201 Å². The van der Waals surface area contributed by atoms with Gasteiger partial charge in [0.15, 0.2) is 0 Å². The molecule has 2 aliphatic heterocycles. The second-order valence-electron chi connectivity index (χ2n) is 10.9. The minimum atomic E-state index is -0.723. The van der Waals surface area contributed by atoms with Gasteiger partial charge in [0.2, 0.25) is 0 Å². The van der Waals surface area contributed by atoms with Crippen LogP contribution < -0.4 is 0 Å². The van der Waals surface area contributed by atoms with Gasteiger partial charge in [0.25, 0.3) is 0 Å². The van der Waals surface area contributed by atoms with Crippen LogP contribution in [-0.4, -0.2) is 47.9 Å². The normalized spacial score (nSPS) is 40.5. The first-order valence-electron chi connectivity index (χ1n) is 12.1. The van der Waals surface area contributed by atoms with Crippen LogP contribution in [0.25, 0.3) is 0 Å².